The third-order valence-electron chi connectivity index (χ3n) is 3.03. The number of para-hydroxylation sites is 2. The van der Waals surface area contributed by atoms with Gasteiger partial charge in [-0.15, -0.1) is 11.3 Å². The highest BCUT2D eigenvalue weighted by molar-refractivity contribution is 7.14. The van der Waals surface area contributed by atoms with Gasteiger partial charge in [-0.25, -0.2) is 0 Å². The molecule has 116 valence electrons. The van der Waals surface area contributed by atoms with Crippen molar-refractivity contribution >= 4 is 34.5 Å². The first-order valence-electron chi connectivity index (χ1n) is 7.11. The van der Waals surface area contributed by atoms with Gasteiger partial charge in [0.15, 0.2) is 0 Å². The van der Waals surface area contributed by atoms with Crippen LogP contribution in [-0.4, -0.2) is 11.8 Å². The van der Waals surface area contributed by atoms with E-state index in [1.165, 1.54) is 11.3 Å². The zero-order valence-corrected chi connectivity index (χ0v) is 13.2. The average molecular weight is 317 g/mol. The van der Waals surface area contributed by atoms with Gasteiger partial charge in [0.05, 0.1) is 22.8 Å². The molecule has 0 fully saturated rings. The van der Waals surface area contributed by atoms with Gasteiger partial charge in [-0.3, -0.25) is 9.59 Å². The van der Waals surface area contributed by atoms with E-state index in [0.29, 0.717) is 29.2 Å². The Balaban J connectivity index is 1.94. The molecule has 0 aliphatic carbocycles. The van der Waals surface area contributed by atoms with Crippen molar-refractivity contribution in [3.05, 3.63) is 46.2 Å². The van der Waals surface area contributed by atoms with Crippen molar-refractivity contribution in [2.75, 3.05) is 11.1 Å². The molecule has 0 radical (unpaired) electrons. The van der Waals surface area contributed by atoms with E-state index in [0.717, 1.165) is 11.3 Å². The minimum atomic E-state index is -0.200. The Bertz CT molecular complexity index is 667. The quantitative estimate of drug-likeness (QED) is 0.716. The van der Waals surface area contributed by atoms with Crippen LogP contribution < -0.4 is 16.4 Å². The smallest absolute Gasteiger partial charge is 0.265 e. The molecule has 4 N–H and O–H groups in total. The Hall–Kier alpha value is -2.34. The molecule has 0 atom stereocenters. The zero-order valence-electron chi connectivity index (χ0n) is 12.4. The normalized spacial score (nSPS) is 10.2. The summed E-state index contributed by atoms with van der Waals surface area (Å²) in [6.45, 7) is 2.41. The van der Waals surface area contributed by atoms with Crippen molar-refractivity contribution in [2.24, 2.45) is 0 Å². The molecule has 1 aromatic heterocycles. The molecule has 2 aromatic rings. The molecule has 0 saturated heterocycles. The Kier molecular flexibility index (Phi) is 5.55. The van der Waals surface area contributed by atoms with Crippen LogP contribution in [0.5, 0.6) is 0 Å². The zero-order chi connectivity index (χ0) is 15.9. The molecule has 6 heteroatoms. The third kappa shape index (κ3) is 4.33. The predicted molar refractivity (Wildman–Crippen MR) is 89.9 cm³/mol. The van der Waals surface area contributed by atoms with E-state index < -0.39 is 0 Å². The van der Waals surface area contributed by atoms with Gasteiger partial charge in [0.25, 0.3) is 5.91 Å². The molecular weight excluding hydrogens is 298 g/mol. The summed E-state index contributed by atoms with van der Waals surface area (Å²) in [5.74, 6) is -0.173. The Labute approximate surface area is 133 Å². The molecule has 1 aromatic carbocycles. The molecule has 0 aliphatic heterocycles. The van der Waals surface area contributed by atoms with Gasteiger partial charge in [0.1, 0.15) is 0 Å². The number of anilines is 2. The first-order valence-corrected chi connectivity index (χ1v) is 7.93. The van der Waals surface area contributed by atoms with Crippen molar-refractivity contribution in [2.45, 2.75) is 26.3 Å². The van der Waals surface area contributed by atoms with Crippen LogP contribution in [-0.2, 0) is 11.3 Å². The summed E-state index contributed by atoms with van der Waals surface area (Å²) in [6, 6.07) is 10.7. The SMILES string of the molecule is CCCC(=O)NCc1ccc(C(=O)Nc2ccccc2N)s1. The lowest BCUT2D eigenvalue weighted by Gasteiger charge is -2.06. The maximum Gasteiger partial charge on any atom is 0.265 e. The third-order valence-corrected chi connectivity index (χ3v) is 4.12. The van der Waals surface area contributed by atoms with E-state index in [4.69, 9.17) is 5.73 Å². The molecule has 2 rings (SSSR count). The maximum atomic E-state index is 12.2. The average Bonchev–Trinajstić information content (AvgIpc) is 2.97. The molecule has 0 aliphatic rings. The number of amides is 2. The summed E-state index contributed by atoms with van der Waals surface area (Å²) >= 11 is 1.36. The van der Waals surface area contributed by atoms with Gasteiger partial charge in [0, 0.05) is 11.3 Å². The summed E-state index contributed by atoms with van der Waals surface area (Å²) < 4.78 is 0. The minimum Gasteiger partial charge on any atom is -0.397 e. The van der Waals surface area contributed by atoms with E-state index in [-0.39, 0.29) is 11.8 Å². The van der Waals surface area contributed by atoms with E-state index in [1.807, 2.05) is 25.1 Å². The summed E-state index contributed by atoms with van der Waals surface area (Å²) in [5.41, 5.74) is 6.93. The Morgan fingerprint density at radius 2 is 1.95 bits per heavy atom. The molecule has 0 unspecified atom stereocenters. The largest absolute Gasteiger partial charge is 0.397 e. The van der Waals surface area contributed by atoms with Crippen molar-refractivity contribution in [1.29, 1.82) is 0 Å². The number of rotatable bonds is 6. The number of hydrogen-bond donors (Lipinski definition) is 3. The summed E-state index contributed by atoms with van der Waals surface area (Å²) in [4.78, 5) is 25.1. The maximum absolute atomic E-state index is 12.2. The van der Waals surface area contributed by atoms with Gasteiger partial charge in [-0.05, 0) is 30.7 Å². The number of nitrogens with two attached hydrogens (primary N) is 1. The van der Waals surface area contributed by atoms with Crippen molar-refractivity contribution in [3.63, 3.8) is 0 Å². The number of carbonyl (C=O) groups excluding carboxylic acids is 2. The predicted octanol–water partition coefficient (Wildman–Crippen LogP) is 3.00. The molecular formula is C16H19N3O2S. The van der Waals surface area contributed by atoms with Crippen molar-refractivity contribution < 1.29 is 9.59 Å². The second kappa shape index (κ2) is 7.61. The molecule has 22 heavy (non-hydrogen) atoms. The lowest BCUT2D eigenvalue weighted by atomic mass is 10.2. The topological polar surface area (TPSA) is 84.2 Å². The highest BCUT2D eigenvalue weighted by Crippen LogP contribution is 2.21. The molecule has 2 amide bonds. The molecule has 0 saturated carbocycles. The standard InChI is InChI=1S/C16H19N3O2S/c1-2-5-15(20)18-10-11-8-9-14(22-11)16(21)19-13-7-4-3-6-12(13)17/h3-4,6-9H,2,5,10,17H2,1H3,(H,18,20)(H,19,21). The summed E-state index contributed by atoms with van der Waals surface area (Å²) in [6.07, 6.45) is 1.34. The van der Waals surface area contributed by atoms with Gasteiger partial charge in [0.2, 0.25) is 5.91 Å². The van der Waals surface area contributed by atoms with Gasteiger partial charge in [-0.1, -0.05) is 19.1 Å². The second-order valence-corrected chi connectivity index (χ2v) is 6.00. The molecule has 0 spiro atoms. The Morgan fingerprint density at radius 1 is 1.18 bits per heavy atom. The van der Waals surface area contributed by atoms with Crippen LogP contribution >= 0.6 is 11.3 Å². The number of benzene rings is 1. The van der Waals surface area contributed by atoms with Gasteiger partial charge in [-0.2, -0.15) is 0 Å². The van der Waals surface area contributed by atoms with E-state index in [2.05, 4.69) is 10.6 Å². The monoisotopic (exact) mass is 317 g/mol. The van der Waals surface area contributed by atoms with Crippen LogP contribution in [0.4, 0.5) is 11.4 Å². The van der Waals surface area contributed by atoms with Crippen molar-refractivity contribution in [1.82, 2.24) is 5.32 Å². The minimum absolute atomic E-state index is 0.0268. The lowest BCUT2D eigenvalue weighted by molar-refractivity contribution is -0.121. The number of hydrogen-bond acceptors (Lipinski definition) is 4. The van der Waals surface area contributed by atoms with E-state index in [9.17, 15) is 9.59 Å². The van der Waals surface area contributed by atoms with Crippen molar-refractivity contribution in [3.8, 4) is 0 Å². The van der Waals surface area contributed by atoms with Gasteiger partial charge < -0.3 is 16.4 Å². The number of nitrogen functional groups attached to an aromatic ring is 1. The molecule has 5 nitrogen and oxygen atoms in total. The number of carbonyl (C=O) groups is 2. The Morgan fingerprint density at radius 3 is 2.68 bits per heavy atom. The fourth-order valence-electron chi connectivity index (χ4n) is 1.89. The first-order chi connectivity index (χ1) is 10.6. The fraction of sp³-hybridized carbons (Fsp3) is 0.250. The van der Waals surface area contributed by atoms with Crippen LogP contribution in [0.2, 0.25) is 0 Å². The highest BCUT2D eigenvalue weighted by atomic mass is 32.1. The summed E-state index contributed by atoms with van der Waals surface area (Å²) in [7, 11) is 0. The molecule has 1 heterocycles. The van der Waals surface area contributed by atoms with Crippen LogP contribution in [0.1, 0.15) is 34.3 Å². The lowest BCUT2D eigenvalue weighted by Crippen LogP contribution is -2.21. The highest BCUT2D eigenvalue weighted by Gasteiger charge is 2.11. The van der Waals surface area contributed by atoms with Crippen LogP contribution in [0.3, 0.4) is 0 Å². The second-order valence-electron chi connectivity index (χ2n) is 4.83. The van der Waals surface area contributed by atoms with E-state index >= 15 is 0 Å². The first kappa shape index (κ1) is 16.0. The number of nitrogens with one attached hydrogen (secondary N) is 2. The van der Waals surface area contributed by atoms with Crippen LogP contribution in [0.25, 0.3) is 0 Å². The van der Waals surface area contributed by atoms with Crippen LogP contribution in [0.15, 0.2) is 36.4 Å². The van der Waals surface area contributed by atoms with Crippen LogP contribution in [0, 0.1) is 0 Å². The van der Waals surface area contributed by atoms with E-state index in [1.54, 1.807) is 18.2 Å². The van der Waals surface area contributed by atoms with Gasteiger partial charge >= 0.3 is 0 Å². The molecule has 0 bridgehead atoms. The fourth-order valence-corrected chi connectivity index (χ4v) is 2.73. The number of thiophene rings is 1. The summed E-state index contributed by atoms with van der Waals surface area (Å²) in [5, 5.41) is 5.61.